The molecule has 1 aromatic carbocycles. The fourth-order valence-corrected chi connectivity index (χ4v) is 2.23. The molecule has 2 aromatic rings. The number of amides is 1. The summed E-state index contributed by atoms with van der Waals surface area (Å²) in [5.74, 6) is 1.72. The van der Waals surface area contributed by atoms with E-state index in [2.05, 4.69) is 10.3 Å². The number of pyridine rings is 1. The van der Waals surface area contributed by atoms with Crippen molar-refractivity contribution in [2.75, 3.05) is 12.4 Å². The smallest absolute Gasteiger partial charge is 0.227 e. The number of para-hydroxylation sites is 2. The molecule has 0 saturated carbocycles. The molecule has 0 bridgehead atoms. The van der Waals surface area contributed by atoms with Gasteiger partial charge in [0.1, 0.15) is 0 Å². The van der Waals surface area contributed by atoms with E-state index in [4.69, 9.17) is 9.47 Å². The zero-order chi connectivity index (χ0) is 16.7. The molecule has 1 N–H and O–H groups in total. The van der Waals surface area contributed by atoms with E-state index in [0.29, 0.717) is 23.1 Å². The molecule has 0 aliphatic rings. The Morgan fingerprint density at radius 3 is 2.39 bits per heavy atom. The number of nitrogens with zero attached hydrogens (tertiary/aromatic N) is 1. The molecule has 0 atom stereocenters. The lowest BCUT2D eigenvalue weighted by molar-refractivity contribution is -0.120. The lowest BCUT2D eigenvalue weighted by Gasteiger charge is -2.13. The maximum atomic E-state index is 12.0. The number of hydrogen-bond donors (Lipinski definition) is 1. The molecule has 1 amide bonds. The first-order valence-corrected chi connectivity index (χ1v) is 7.75. The maximum absolute atomic E-state index is 12.0. The molecule has 5 nitrogen and oxygen atoms in total. The van der Waals surface area contributed by atoms with Crippen LogP contribution in [0, 0.1) is 5.92 Å². The second-order valence-corrected chi connectivity index (χ2v) is 5.14. The van der Waals surface area contributed by atoms with Gasteiger partial charge in [0.15, 0.2) is 11.5 Å². The second-order valence-electron chi connectivity index (χ2n) is 5.14. The zero-order valence-electron chi connectivity index (χ0n) is 13.7. The first-order valence-electron chi connectivity index (χ1n) is 7.75. The molecule has 0 aliphatic carbocycles. The number of carbonyl (C=O) groups is 1. The molecular weight excluding hydrogens is 292 g/mol. The van der Waals surface area contributed by atoms with E-state index in [1.54, 1.807) is 25.4 Å². The van der Waals surface area contributed by atoms with Crippen LogP contribution in [0.25, 0.3) is 0 Å². The van der Waals surface area contributed by atoms with Crippen molar-refractivity contribution in [3.05, 3.63) is 42.6 Å². The van der Waals surface area contributed by atoms with Crippen molar-refractivity contribution in [2.24, 2.45) is 5.92 Å². The number of anilines is 1. The van der Waals surface area contributed by atoms with Gasteiger partial charge in [-0.25, -0.2) is 4.98 Å². The summed E-state index contributed by atoms with van der Waals surface area (Å²) in [4.78, 5) is 16.3. The number of methoxy groups -OCH3 is 1. The summed E-state index contributed by atoms with van der Waals surface area (Å²) in [6.07, 6.45) is 3.24. The molecule has 0 radical (unpaired) electrons. The normalized spacial score (nSPS) is 10.4. The van der Waals surface area contributed by atoms with E-state index in [-0.39, 0.29) is 11.8 Å². The summed E-state index contributed by atoms with van der Waals surface area (Å²) in [5.41, 5.74) is 0.661. The number of rotatable bonds is 7. The molecule has 0 saturated heterocycles. The fraction of sp³-hybridized carbons (Fsp3) is 0.333. The average Bonchev–Trinajstić information content (AvgIpc) is 2.58. The van der Waals surface area contributed by atoms with Crippen LogP contribution in [0.5, 0.6) is 17.4 Å². The van der Waals surface area contributed by atoms with Crippen LogP contribution >= 0.6 is 0 Å². The Hall–Kier alpha value is -2.56. The van der Waals surface area contributed by atoms with Gasteiger partial charge in [-0.2, -0.15) is 0 Å². The van der Waals surface area contributed by atoms with Crippen molar-refractivity contribution in [1.29, 1.82) is 0 Å². The Labute approximate surface area is 136 Å². The number of aromatic nitrogens is 1. The third-order valence-electron chi connectivity index (χ3n) is 3.64. The van der Waals surface area contributed by atoms with Crippen molar-refractivity contribution < 1.29 is 14.3 Å². The highest BCUT2D eigenvalue weighted by molar-refractivity contribution is 5.92. The number of benzene rings is 1. The van der Waals surface area contributed by atoms with Gasteiger partial charge in [0, 0.05) is 12.0 Å². The summed E-state index contributed by atoms with van der Waals surface area (Å²) < 4.78 is 10.9. The van der Waals surface area contributed by atoms with Gasteiger partial charge in [-0.15, -0.1) is 0 Å². The van der Waals surface area contributed by atoms with Crippen LogP contribution in [-0.4, -0.2) is 18.0 Å². The molecule has 5 heteroatoms. The van der Waals surface area contributed by atoms with Crippen molar-refractivity contribution in [2.45, 2.75) is 26.7 Å². The van der Waals surface area contributed by atoms with Gasteiger partial charge < -0.3 is 14.8 Å². The van der Waals surface area contributed by atoms with E-state index in [1.807, 2.05) is 38.1 Å². The predicted octanol–water partition coefficient (Wildman–Crippen LogP) is 4.26. The molecule has 1 aromatic heterocycles. The fourth-order valence-electron chi connectivity index (χ4n) is 2.23. The van der Waals surface area contributed by atoms with Crippen molar-refractivity contribution in [1.82, 2.24) is 4.98 Å². The number of carbonyl (C=O) groups excluding carboxylic acids is 1. The van der Waals surface area contributed by atoms with Gasteiger partial charge in [0.25, 0.3) is 0 Å². The Balaban J connectivity index is 2.03. The molecule has 2 rings (SSSR count). The largest absolute Gasteiger partial charge is 0.493 e. The van der Waals surface area contributed by atoms with Crippen LogP contribution in [0.15, 0.2) is 42.6 Å². The monoisotopic (exact) mass is 314 g/mol. The molecule has 0 spiro atoms. The Morgan fingerprint density at radius 2 is 1.83 bits per heavy atom. The van der Waals surface area contributed by atoms with Crippen LogP contribution in [0.2, 0.25) is 0 Å². The first-order chi connectivity index (χ1) is 11.2. The summed E-state index contributed by atoms with van der Waals surface area (Å²) >= 11 is 0. The minimum absolute atomic E-state index is 0.0233. The van der Waals surface area contributed by atoms with Gasteiger partial charge in [-0.3, -0.25) is 4.79 Å². The van der Waals surface area contributed by atoms with E-state index in [1.165, 1.54) is 0 Å². The molecule has 122 valence electrons. The summed E-state index contributed by atoms with van der Waals surface area (Å²) in [6.45, 7) is 4.02. The minimum atomic E-state index is 0.0233. The highest BCUT2D eigenvalue weighted by atomic mass is 16.5. The predicted molar refractivity (Wildman–Crippen MR) is 90.0 cm³/mol. The summed E-state index contributed by atoms with van der Waals surface area (Å²) in [5, 5.41) is 2.88. The highest BCUT2D eigenvalue weighted by Gasteiger charge is 2.14. The quantitative estimate of drug-likeness (QED) is 0.829. The number of hydrogen-bond acceptors (Lipinski definition) is 4. The van der Waals surface area contributed by atoms with Crippen LogP contribution in [0.3, 0.4) is 0 Å². The molecule has 23 heavy (non-hydrogen) atoms. The molecule has 0 unspecified atom stereocenters. The van der Waals surface area contributed by atoms with E-state index < -0.39 is 0 Å². The van der Waals surface area contributed by atoms with Gasteiger partial charge >= 0.3 is 0 Å². The van der Waals surface area contributed by atoms with Gasteiger partial charge in [-0.1, -0.05) is 26.0 Å². The molecule has 0 aliphatic heterocycles. The lowest BCUT2D eigenvalue weighted by Crippen LogP contribution is -2.21. The van der Waals surface area contributed by atoms with Crippen LogP contribution in [-0.2, 0) is 4.79 Å². The Morgan fingerprint density at radius 1 is 1.13 bits per heavy atom. The lowest BCUT2D eigenvalue weighted by atomic mass is 10.0. The maximum Gasteiger partial charge on any atom is 0.227 e. The van der Waals surface area contributed by atoms with Crippen LogP contribution in [0.1, 0.15) is 26.7 Å². The number of ether oxygens (including phenoxy) is 2. The topological polar surface area (TPSA) is 60.5 Å². The van der Waals surface area contributed by atoms with Crippen molar-refractivity contribution in [3.63, 3.8) is 0 Å². The molecule has 0 fully saturated rings. The Kier molecular flexibility index (Phi) is 5.97. The van der Waals surface area contributed by atoms with E-state index in [0.717, 1.165) is 12.8 Å². The first kappa shape index (κ1) is 16.8. The zero-order valence-corrected chi connectivity index (χ0v) is 13.7. The van der Waals surface area contributed by atoms with Gasteiger partial charge in [-0.05, 0) is 31.0 Å². The number of nitrogens with one attached hydrogen (secondary N) is 1. The molecular formula is C18H22N2O3. The third kappa shape index (κ3) is 4.45. The van der Waals surface area contributed by atoms with Crippen molar-refractivity contribution >= 4 is 11.6 Å². The summed E-state index contributed by atoms with van der Waals surface area (Å²) in [7, 11) is 1.59. The summed E-state index contributed by atoms with van der Waals surface area (Å²) in [6, 6.07) is 10.9. The van der Waals surface area contributed by atoms with E-state index >= 15 is 0 Å². The van der Waals surface area contributed by atoms with Gasteiger partial charge in [0.05, 0.1) is 19.0 Å². The average molecular weight is 314 g/mol. The van der Waals surface area contributed by atoms with Crippen molar-refractivity contribution in [3.8, 4) is 17.4 Å². The minimum Gasteiger partial charge on any atom is -0.493 e. The van der Waals surface area contributed by atoms with Crippen LogP contribution < -0.4 is 14.8 Å². The molecule has 1 heterocycles. The Bertz CT molecular complexity index is 637. The second kappa shape index (κ2) is 8.17. The highest BCUT2D eigenvalue weighted by Crippen LogP contribution is 2.30. The SMILES string of the molecule is CCC(CC)C(=O)Nc1ccc(Oc2ccccc2OC)nc1. The van der Waals surface area contributed by atoms with Crippen LogP contribution in [0.4, 0.5) is 5.69 Å². The van der Waals surface area contributed by atoms with Gasteiger partial charge in [0.2, 0.25) is 11.8 Å². The third-order valence-corrected chi connectivity index (χ3v) is 3.64. The standard InChI is InChI=1S/C18H22N2O3/c1-4-13(5-2)18(21)20-14-10-11-17(19-12-14)23-16-9-7-6-8-15(16)22-3/h6-13H,4-5H2,1-3H3,(H,20,21). The van der Waals surface area contributed by atoms with E-state index in [9.17, 15) is 4.79 Å².